The molecule has 2 aromatic heterocycles. The number of carbonyl (C=O) groups excluding carboxylic acids is 3. The summed E-state index contributed by atoms with van der Waals surface area (Å²) in [6.07, 6.45) is 2.37. The van der Waals surface area contributed by atoms with Crippen LogP contribution in [-0.2, 0) is 11.2 Å². The van der Waals surface area contributed by atoms with E-state index in [2.05, 4.69) is 10.3 Å². The number of nitrogens with zero attached hydrogens (tertiary/aromatic N) is 1. The number of aromatic nitrogens is 1. The van der Waals surface area contributed by atoms with Crippen molar-refractivity contribution in [3.8, 4) is 11.7 Å². The molecule has 0 saturated carbocycles. The number of oxazole rings is 1. The smallest absolute Gasteiger partial charge is 0.290 e. The number of benzene rings is 1. The largest absolute Gasteiger partial charge is 0.456 e. The SMILES string of the molecule is Cc1ccc(-c2nc(CCC(=O)c3ccc(C=C4SC(=O)NC4=O)cc3)c(C)o2)o1. The van der Waals surface area contributed by atoms with Crippen molar-refractivity contribution in [2.24, 2.45) is 0 Å². The van der Waals surface area contributed by atoms with Gasteiger partial charge in [-0.05, 0) is 49.4 Å². The second-order valence-corrected chi connectivity index (χ2v) is 7.84. The fourth-order valence-corrected chi connectivity index (χ4v) is 3.71. The van der Waals surface area contributed by atoms with Gasteiger partial charge >= 0.3 is 0 Å². The van der Waals surface area contributed by atoms with Crippen LogP contribution in [0.4, 0.5) is 4.79 Å². The molecular weight excluding hydrogens is 404 g/mol. The molecule has 1 aliphatic rings. The average molecular weight is 422 g/mol. The van der Waals surface area contributed by atoms with Crippen LogP contribution in [-0.4, -0.2) is 21.9 Å². The number of furan rings is 1. The molecule has 0 unspecified atom stereocenters. The van der Waals surface area contributed by atoms with Gasteiger partial charge in [-0.25, -0.2) is 4.98 Å². The summed E-state index contributed by atoms with van der Waals surface area (Å²) < 4.78 is 11.2. The molecule has 30 heavy (non-hydrogen) atoms. The molecule has 1 fully saturated rings. The van der Waals surface area contributed by atoms with Gasteiger partial charge < -0.3 is 8.83 Å². The van der Waals surface area contributed by atoms with E-state index in [9.17, 15) is 14.4 Å². The molecule has 0 aliphatic carbocycles. The molecule has 4 rings (SSSR count). The van der Waals surface area contributed by atoms with Gasteiger partial charge in [0, 0.05) is 18.4 Å². The highest BCUT2D eigenvalue weighted by Crippen LogP contribution is 2.26. The molecule has 8 heteroatoms. The van der Waals surface area contributed by atoms with Crippen LogP contribution in [0.5, 0.6) is 0 Å². The average Bonchev–Trinajstić information content (AvgIpc) is 3.39. The molecule has 3 aromatic rings. The van der Waals surface area contributed by atoms with Crippen molar-refractivity contribution in [2.45, 2.75) is 26.7 Å². The summed E-state index contributed by atoms with van der Waals surface area (Å²) in [7, 11) is 0. The first-order chi connectivity index (χ1) is 14.4. The van der Waals surface area contributed by atoms with Gasteiger partial charge in [0.05, 0.1) is 10.6 Å². The van der Waals surface area contributed by atoms with Crippen molar-refractivity contribution >= 4 is 34.8 Å². The van der Waals surface area contributed by atoms with Crippen molar-refractivity contribution in [3.05, 3.63) is 69.6 Å². The number of nitrogens with one attached hydrogen (secondary N) is 1. The van der Waals surface area contributed by atoms with Gasteiger partial charge in [-0.3, -0.25) is 19.7 Å². The lowest BCUT2D eigenvalue weighted by atomic mass is 10.0. The van der Waals surface area contributed by atoms with Gasteiger partial charge in [0.25, 0.3) is 17.0 Å². The number of ketones is 1. The Kier molecular flexibility index (Phi) is 5.41. The summed E-state index contributed by atoms with van der Waals surface area (Å²) in [5, 5.41) is 1.83. The maximum Gasteiger partial charge on any atom is 0.290 e. The topological polar surface area (TPSA) is 102 Å². The van der Waals surface area contributed by atoms with Gasteiger partial charge in [-0.2, -0.15) is 0 Å². The Morgan fingerprint density at radius 1 is 1.10 bits per heavy atom. The van der Waals surface area contributed by atoms with Crippen molar-refractivity contribution in [1.82, 2.24) is 10.3 Å². The van der Waals surface area contributed by atoms with Crippen LogP contribution in [0.25, 0.3) is 17.7 Å². The summed E-state index contributed by atoms with van der Waals surface area (Å²) in [6.45, 7) is 3.66. The number of hydrogen-bond donors (Lipinski definition) is 1. The van der Waals surface area contributed by atoms with Gasteiger partial charge in [0.15, 0.2) is 11.5 Å². The van der Waals surface area contributed by atoms with Crippen LogP contribution in [0.1, 0.15) is 39.6 Å². The van der Waals surface area contributed by atoms with E-state index in [-0.39, 0.29) is 17.4 Å². The molecule has 1 saturated heterocycles. The number of carbonyl (C=O) groups is 3. The highest BCUT2D eigenvalue weighted by Gasteiger charge is 2.24. The zero-order valence-corrected chi connectivity index (χ0v) is 17.2. The van der Waals surface area contributed by atoms with Gasteiger partial charge in [-0.15, -0.1) is 0 Å². The van der Waals surface area contributed by atoms with E-state index in [1.165, 1.54) is 0 Å². The molecule has 0 spiro atoms. The van der Waals surface area contributed by atoms with Crippen molar-refractivity contribution in [3.63, 3.8) is 0 Å². The maximum atomic E-state index is 12.6. The molecule has 2 amide bonds. The van der Waals surface area contributed by atoms with E-state index in [0.29, 0.717) is 34.3 Å². The van der Waals surface area contributed by atoms with E-state index in [1.54, 1.807) is 36.4 Å². The van der Waals surface area contributed by atoms with Gasteiger partial charge in [-0.1, -0.05) is 24.3 Å². The molecule has 0 radical (unpaired) electrons. The number of imide groups is 1. The van der Waals surface area contributed by atoms with E-state index in [0.717, 1.165) is 28.8 Å². The number of Topliss-reactive ketones (excluding diaryl/α,β-unsaturated/α-hetero) is 1. The zero-order valence-electron chi connectivity index (χ0n) is 16.4. The Bertz CT molecular complexity index is 1170. The fraction of sp³-hybridized carbons (Fsp3) is 0.182. The summed E-state index contributed by atoms with van der Waals surface area (Å²) >= 11 is 0.860. The molecule has 1 aromatic carbocycles. The Labute approximate surface area is 176 Å². The quantitative estimate of drug-likeness (QED) is 0.454. The number of aryl methyl sites for hydroxylation is 3. The summed E-state index contributed by atoms with van der Waals surface area (Å²) in [5.41, 5.74) is 2.03. The Morgan fingerprint density at radius 2 is 1.87 bits per heavy atom. The fourth-order valence-electron chi connectivity index (χ4n) is 3.03. The standard InChI is InChI=1S/C22H18N2O5S/c1-12-3-10-18(28-12)21-23-16(13(2)29-21)8-9-17(25)15-6-4-14(5-7-15)11-19-20(26)24-22(27)30-19/h3-7,10-11H,8-9H2,1-2H3,(H,24,26,27). The molecule has 0 atom stereocenters. The zero-order chi connectivity index (χ0) is 21.3. The van der Waals surface area contributed by atoms with E-state index in [1.807, 2.05) is 19.9 Å². The first kappa shape index (κ1) is 19.9. The third kappa shape index (κ3) is 4.28. The summed E-state index contributed by atoms with van der Waals surface area (Å²) in [5.74, 6) is 1.99. The van der Waals surface area contributed by atoms with Crippen LogP contribution >= 0.6 is 11.8 Å². The first-order valence-electron chi connectivity index (χ1n) is 9.30. The van der Waals surface area contributed by atoms with Crippen LogP contribution in [0, 0.1) is 13.8 Å². The van der Waals surface area contributed by atoms with E-state index in [4.69, 9.17) is 8.83 Å². The highest BCUT2D eigenvalue weighted by molar-refractivity contribution is 8.18. The lowest BCUT2D eigenvalue weighted by Gasteiger charge is -2.02. The highest BCUT2D eigenvalue weighted by atomic mass is 32.2. The Hall–Kier alpha value is -3.39. The monoisotopic (exact) mass is 422 g/mol. The third-order valence-electron chi connectivity index (χ3n) is 4.61. The number of hydrogen-bond acceptors (Lipinski definition) is 7. The minimum Gasteiger partial charge on any atom is -0.456 e. The third-order valence-corrected chi connectivity index (χ3v) is 5.42. The van der Waals surface area contributed by atoms with Gasteiger partial charge in [0.2, 0.25) is 0 Å². The molecule has 1 aliphatic heterocycles. The van der Waals surface area contributed by atoms with Crippen molar-refractivity contribution < 1.29 is 23.2 Å². The molecule has 1 N–H and O–H groups in total. The predicted octanol–water partition coefficient (Wildman–Crippen LogP) is 4.69. The van der Waals surface area contributed by atoms with E-state index >= 15 is 0 Å². The Morgan fingerprint density at radius 3 is 2.50 bits per heavy atom. The number of thioether (sulfide) groups is 1. The summed E-state index contributed by atoms with van der Waals surface area (Å²) in [6, 6.07) is 10.6. The molecular formula is C22H18N2O5S. The first-order valence-corrected chi connectivity index (χ1v) is 10.1. The second-order valence-electron chi connectivity index (χ2n) is 6.83. The molecule has 7 nitrogen and oxygen atoms in total. The molecule has 152 valence electrons. The predicted molar refractivity (Wildman–Crippen MR) is 112 cm³/mol. The number of amides is 2. The van der Waals surface area contributed by atoms with Crippen molar-refractivity contribution in [2.75, 3.05) is 0 Å². The minimum absolute atomic E-state index is 0.0184. The molecule has 0 bridgehead atoms. The summed E-state index contributed by atoms with van der Waals surface area (Å²) in [4.78, 5) is 40.2. The number of rotatable bonds is 6. The minimum atomic E-state index is -0.405. The van der Waals surface area contributed by atoms with Crippen LogP contribution < -0.4 is 5.32 Å². The lowest BCUT2D eigenvalue weighted by Crippen LogP contribution is -2.17. The maximum absolute atomic E-state index is 12.6. The van der Waals surface area contributed by atoms with E-state index < -0.39 is 5.91 Å². The van der Waals surface area contributed by atoms with Crippen LogP contribution in [0.3, 0.4) is 0 Å². The van der Waals surface area contributed by atoms with Crippen LogP contribution in [0.15, 0.2) is 50.1 Å². The Balaban J connectivity index is 1.40. The molecule has 3 heterocycles. The van der Waals surface area contributed by atoms with Gasteiger partial charge in [0.1, 0.15) is 11.5 Å². The second kappa shape index (κ2) is 8.16. The lowest BCUT2D eigenvalue weighted by molar-refractivity contribution is -0.115. The van der Waals surface area contributed by atoms with Crippen LogP contribution in [0.2, 0.25) is 0 Å². The van der Waals surface area contributed by atoms with Crippen molar-refractivity contribution in [1.29, 1.82) is 0 Å². The normalized spacial score (nSPS) is 15.1.